The molecule has 0 saturated carbocycles. The Morgan fingerprint density at radius 3 is 2.71 bits per heavy atom. The molecule has 1 heterocycles. The van der Waals surface area contributed by atoms with E-state index in [1.54, 1.807) is 10.2 Å². The monoisotopic (exact) mass is 316 g/mol. The third-order valence-electron chi connectivity index (χ3n) is 2.55. The van der Waals surface area contributed by atoms with Gasteiger partial charge in [-0.1, -0.05) is 22.6 Å². The fourth-order valence-corrected chi connectivity index (χ4v) is 2.15. The van der Waals surface area contributed by atoms with Crippen LogP contribution < -0.4 is 0 Å². The average Bonchev–Trinajstić information content (AvgIpc) is 2.04. The van der Waals surface area contributed by atoms with Crippen LogP contribution in [0.5, 0.6) is 0 Å². The molecule has 0 spiro atoms. The highest BCUT2D eigenvalue weighted by molar-refractivity contribution is 14.1. The van der Waals surface area contributed by atoms with E-state index in [1.807, 2.05) is 7.05 Å². The lowest BCUT2D eigenvalue weighted by atomic mass is 9.89. The van der Waals surface area contributed by atoms with Crippen LogP contribution in [0.3, 0.4) is 0 Å². The van der Waals surface area contributed by atoms with Crippen LogP contribution >= 0.6 is 22.6 Å². The number of piperidine rings is 1. The van der Waals surface area contributed by atoms with Gasteiger partial charge in [0.2, 0.25) is 0 Å². The number of halogens is 1. The smallest absolute Gasteiger partial charge is 0.0782 e. The van der Waals surface area contributed by atoms with Crippen LogP contribution in [0, 0.1) is 5.92 Å². The minimum absolute atomic E-state index is 0. The van der Waals surface area contributed by atoms with Crippen LogP contribution in [-0.4, -0.2) is 52.9 Å². The predicted octanol–water partition coefficient (Wildman–Crippen LogP) is 0.432. The summed E-state index contributed by atoms with van der Waals surface area (Å²) in [6, 6.07) is 0. The first-order chi connectivity index (χ1) is 6.15. The summed E-state index contributed by atoms with van der Waals surface area (Å²) in [6.45, 7) is 1.62. The molecule has 0 aliphatic carbocycles. The molecule has 1 rings (SSSR count). The molecule has 5 heteroatoms. The van der Waals surface area contributed by atoms with Gasteiger partial charge in [0, 0.05) is 12.5 Å². The maximum Gasteiger partial charge on any atom is 0.0782 e. The quantitative estimate of drug-likeness (QED) is 0.725. The lowest BCUT2D eigenvalue weighted by Crippen LogP contribution is -2.45. The van der Waals surface area contributed by atoms with E-state index in [4.69, 9.17) is 0 Å². The van der Waals surface area contributed by atoms with Gasteiger partial charge >= 0.3 is 0 Å². The summed E-state index contributed by atoms with van der Waals surface area (Å²) >= 11 is 2.08. The highest BCUT2D eigenvalue weighted by Crippen LogP contribution is 2.21. The first-order valence-electron chi connectivity index (χ1n) is 4.46. The largest absolute Gasteiger partial charge is 0.870 e. The van der Waals surface area contributed by atoms with Crippen molar-refractivity contribution in [3.05, 3.63) is 10.2 Å². The molecule has 14 heavy (non-hydrogen) atoms. The Kier molecular flexibility index (Phi) is 6.88. The van der Waals surface area contributed by atoms with Crippen molar-refractivity contribution in [1.82, 2.24) is 4.90 Å². The SMILES string of the molecule is [14CH3]N1CCC(C(O)/C=C/I)C(O)C1.[OH-]. The van der Waals surface area contributed by atoms with E-state index < -0.39 is 12.2 Å². The van der Waals surface area contributed by atoms with Crippen LogP contribution in [0.15, 0.2) is 10.2 Å². The van der Waals surface area contributed by atoms with Gasteiger partial charge in [0.05, 0.1) is 12.2 Å². The average molecular weight is 316 g/mol. The van der Waals surface area contributed by atoms with E-state index in [9.17, 15) is 10.2 Å². The molecule has 4 nitrogen and oxygen atoms in total. The normalized spacial score (nSPS) is 31.4. The number of aliphatic hydroxyl groups is 2. The van der Waals surface area contributed by atoms with Crippen LogP contribution in [-0.2, 0) is 0 Å². The summed E-state index contributed by atoms with van der Waals surface area (Å²) < 4.78 is 1.80. The van der Waals surface area contributed by atoms with Crippen LogP contribution in [0.25, 0.3) is 0 Å². The van der Waals surface area contributed by atoms with E-state index >= 15 is 0 Å². The van der Waals surface area contributed by atoms with Gasteiger partial charge in [-0.25, -0.2) is 0 Å². The lowest BCUT2D eigenvalue weighted by Gasteiger charge is -2.35. The molecule has 0 aromatic rings. The van der Waals surface area contributed by atoms with E-state index in [-0.39, 0.29) is 11.4 Å². The summed E-state index contributed by atoms with van der Waals surface area (Å²) in [5.41, 5.74) is 0. The second-order valence-electron chi connectivity index (χ2n) is 3.59. The fourth-order valence-electron chi connectivity index (χ4n) is 1.72. The molecule has 3 unspecified atom stereocenters. The topological polar surface area (TPSA) is 73.7 Å². The summed E-state index contributed by atoms with van der Waals surface area (Å²) in [6.07, 6.45) is 1.70. The number of β-amino-alcohol motifs (C(OH)–C–C–N with tert-alkyl or cyclic N) is 1. The van der Waals surface area contributed by atoms with Crippen LogP contribution in [0.2, 0.25) is 0 Å². The summed E-state index contributed by atoms with van der Waals surface area (Å²) in [4.78, 5) is 2.08. The maximum absolute atomic E-state index is 9.70. The molecule has 0 amide bonds. The molecule has 0 aromatic carbocycles. The number of nitrogens with zero attached hydrogens (tertiary/aromatic N) is 1. The van der Waals surface area contributed by atoms with Crippen LogP contribution in [0.1, 0.15) is 6.42 Å². The van der Waals surface area contributed by atoms with Crippen LogP contribution in [0.4, 0.5) is 0 Å². The molecule has 1 fully saturated rings. The number of likely N-dealkylation sites (tertiary alicyclic amines) is 1. The van der Waals surface area contributed by atoms with Crippen molar-refractivity contribution in [3.63, 3.8) is 0 Å². The molecular formula is C9H17INO3-. The maximum atomic E-state index is 9.70. The standard InChI is InChI=1S/C9H16INO2.H2O/c1-11-5-3-7(9(13)6-11)8(12)2-4-10;/h2,4,7-9,12-13H,3,5-6H2,1H3;1H2/p-1/b4-2+;/i1+2;. The van der Waals surface area contributed by atoms with Crippen molar-refractivity contribution >= 4 is 22.6 Å². The molecule has 3 atom stereocenters. The molecule has 0 aromatic heterocycles. The lowest BCUT2D eigenvalue weighted by molar-refractivity contribution is -0.0162. The van der Waals surface area contributed by atoms with Crippen molar-refractivity contribution in [2.75, 3.05) is 20.1 Å². The second-order valence-corrected chi connectivity index (χ2v) is 4.31. The Labute approximate surface area is 98.1 Å². The highest BCUT2D eigenvalue weighted by Gasteiger charge is 2.29. The number of hydrogen-bond donors (Lipinski definition) is 2. The van der Waals surface area contributed by atoms with Crippen molar-refractivity contribution in [2.45, 2.75) is 18.6 Å². The van der Waals surface area contributed by atoms with Crippen molar-refractivity contribution in [3.8, 4) is 0 Å². The summed E-state index contributed by atoms with van der Waals surface area (Å²) in [5.74, 6) is 0.00205. The minimum Gasteiger partial charge on any atom is -0.870 e. The zero-order chi connectivity index (χ0) is 9.84. The first kappa shape index (κ1) is 14.3. The van der Waals surface area contributed by atoms with Crippen molar-refractivity contribution in [2.24, 2.45) is 5.92 Å². The fraction of sp³-hybridized carbons (Fsp3) is 0.778. The Morgan fingerprint density at radius 2 is 2.21 bits per heavy atom. The Hall–Kier alpha value is 0.310. The zero-order valence-electron chi connectivity index (χ0n) is 8.17. The predicted molar refractivity (Wildman–Crippen MR) is 62.7 cm³/mol. The zero-order valence-corrected chi connectivity index (χ0v) is 10.3. The van der Waals surface area contributed by atoms with E-state index in [0.29, 0.717) is 6.54 Å². The van der Waals surface area contributed by atoms with Crippen molar-refractivity contribution in [1.29, 1.82) is 0 Å². The Bertz CT molecular complexity index is 189. The van der Waals surface area contributed by atoms with Gasteiger partial charge < -0.3 is 20.6 Å². The highest BCUT2D eigenvalue weighted by atomic mass is 127. The summed E-state index contributed by atoms with van der Waals surface area (Å²) in [7, 11) is 1.99. The summed E-state index contributed by atoms with van der Waals surface area (Å²) in [5, 5.41) is 19.4. The Balaban J connectivity index is 0.00000169. The molecule has 1 saturated heterocycles. The third-order valence-corrected chi connectivity index (χ3v) is 2.96. The number of rotatable bonds is 2. The molecular weight excluding hydrogens is 299 g/mol. The molecule has 1 aliphatic rings. The van der Waals surface area contributed by atoms with Gasteiger partial charge in [-0.15, -0.1) is 0 Å². The Morgan fingerprint density at radius 1 is 1.57 bits per heavy atom. The molecule has 0 radical (unpaired) electrons. The number of likely N-dealkylation sites (N-methyl/N-ethyl adjacent to an activating group) is 1. The molecule has 3 N–H and O–H groups in total. The van der Waals surface area contributed by atoms with Gasteiger partial charge in [0.1, 0.15) is 0 Å². The van der Waals surface area contributed by atoms with Gasteiger partial charge in [0.15, 0.2) is 0 Å². The van der Waals surface area contributed by atoms with Gasteiger partial charge in [-0.05, 0) is 30.2 Å². The minimum atomic E-state index is -0.499. The number of hydrogen-bond acceptors (Lipinski definition) is 4. The van der Waals surface area contributed by atoms with Gasteiger partial charge in [-0.3, -0.25) is 0 Å². The van der Waals surface area contributed by atoms with E-state index in [0.717, 1.165) is 13.0 Å². The third kappa shape index (κ3) is 3.82. The molecule has 0 bridgehead atoms. The molecule has 1 aliphatic heterocycles. The van der Waals surface area contributed by atoms with Crippen molar-refractivity contribution < 1.29 is 15.7 Å². The second kappa shape index (κ2) is 6.73. The molecule has 84 valence electrons. The van der Waals surface area contributed by atoms with Gasteiger partial charge in [0.25, 0.3) is 0 Å². The van der Waals surface area contributed by atoms with E-state index in [2.05, 4.69) is 27.5 Å². The number of aliphatic hydroxyl groups excluding tert-OH is 2. The van der Waals surface area contributed by atoms with Gasteiger partial charge in [-0.2, -0.15) is 0 Å². The first-order valence-corrected chi connectivity index (χ1v) is 5.71. The van der Waals surface area contributed by atoms with E-state index in [1.165, 1.54) is 0 Å².